The predicted molar refractivity (Wildman–Crippen MR) is 91.7 cm³/mol. The van der Waals surface area contributed by atoms with Crippen molar-refractivity contribution in [3.63, 3.8) is 0 Å². The largest absolute Gasteiger partial charge is 0.490 e. The Morgan fingerprint density at radius 1 is 1.43 bits per heavy atom. The van der Waals surface area contributed by atoms with Crippen molar-refractivity contribution >= 4 is 5.82 Å². The molecule has 0 amide bonds. The number of nitrogens with zero attached hydrogens (tertiary/aromatic N) is 3. The van der Waals surface area contributed by atoms with Crippen LogP contribution in [-0.4, -0.2) is 39.8 Å². The Morgan fingerprint density at radius 2 is 2.25 bits per heavy atom. The third-order valence-corrected chi connectivity index (χ3v) is 4.41. The van der Waals surface area contributed by atoms with Crippen LogP contribution < -0.4 is 19.5 Å². The summed E-state index contributed by atoms with van der Waals surface area (Å²) >= 11 is 0. The van der Waals surface area contributed by atoms with E-state index in [-0.39, 0.29) is 29.7 Å². The third kappa shape index (κ3) is 4.30. The predicted octanol–water partition coefficient (Wildman–Crippen LogP) is 2.48. The lowest BCUT2D eigenvalue weighted by molar-refractivity contribution is -0.389. The van der Waals surface area contributed by atoms with Crippen molar-refractivity contribution in [3.8, 4) is 17.5 Å². The number of rotatable bonds is 8. The molecule has 2 aliphatic rings. The number of hydrogen-bond donors (Lipinski definition) is 1. The molecule has 150 valence electrons. The highest BCUT2D eigenvalue weighted by Gasteiger charge is 2.28. The van der Waals surface area contributed by atoms with Gasteiger partial charge in [-0.2, -0.15) is 8.78 Å². The van der Waals surface area contributed by atoms with E-state index in [1.807, 2.05) is 0 Å². The van der Waals surface area contributed by atoms with E-state index < -0.39 is 11.5 Å². The van der Waals surface area contributed by atoms with Crippen LogP contribution in [0.3, 0.4) is 0 Å². The second-order valence-electron chi connectivity index (χ2n) is 6.65. The first-order valence-corrected chi connectivity index (χ1v) is 8.80. The zero-order chi connectivity index (χ0) is 19.7. The molecule has 1 aliphatic heterocycles. The molecule has 4 rings (SSSR count). The highest BCUT2D eigenvalue weighted by Crippen LogP contribution is 2.32. The number of hydrogen-bond acceptors (Lipinski definition) is 7. The molecule has 1 N–H and O–H groups in total. The van der Waals surface area contributed by atoms with Crippen LogP contribution in [0.15, 0.2) is 24.4 Å². The maximum absolute atomic E-state index is 12.5. The molecule has 1 fully saturated rings. The Bertz CT molecular complexity index is 871. The highest BCUT2D eigenvalue weighted by molar-refractivity contribution is 5.41. The van der Waals surface area contributed by atoms with E-state index in [2.05, 4.69) is 15.0 Å². The molecule has 0 unspecified atom stereocenters. The lowest BCUT2D eigenvalue weighted by Crippen LogP contribution is -2.41. The molecule has 1 aliphatic carbocycles. The summed E-state index contributed by atoms with van der Waals surface area (Å²) in [5.74, 6) is 0.292. The number of alkyl halides is 2. The van der Waals surface area contributed by atoms with Gasteiger partial charge in [-0.3, -0.25) is 4.57 Å². The van der Waals surface area contributed by atoms with Crippen molar-refractivity contribution in [1.82, 2.24) is 14.9 Å². The minimum atomic E-state index is -2.90. The van der Waals surface area contributed by atoms with Gasteiger partial charge < -0.3 is 29.6 Å². The second-order valence-corrected chi connectivity index (χ2v) is 6.65. The summed E-state index contributed by atoms with van der Waals surface area (Å²) in [5, 5.41) is 14.1. The van der Waals surface area contributed by atoms with Crippen molar-refractivity contribution in [1.29, 1.82) is 0 Å². The fourth-order valence-corrected chi connectivity index (χ4v) is 2.89. The number of ether oxygens (including phenoxy) is 3. The maximum atomic E-state index is 12.5. The molecule has 1 saturated carbocycles. The standard InChI is InChI=1S/C17H18F2N4O5/c18-16(19)28-13-2-1-10(14(5-13)27-12-3-4-12)6-20-11-7-22-8-15(23(24)25)21-17(22)26-9-11/h1-2,5,8,11-12,16,20H,3-4,6-7,9H2/t11-/m0/s1. The number of nitrogens with one attached hydrogen (secondary N) is 1. The van der Waals surface area contributed by atoms with E-state index in [4.69, 9.17) is 9.47 Å². The third-order valence-electron chi connectivity index (χ3n) is 4.41. The molecule has 11 heteroatoms. The number of benzene rings is 1. The zero-order valence-corrected chi connectivity index (χ0v) is 14.7. The summed E-state index contributed by atoms with van der Waals surface area (Å²) in [6.45, 7) is -1.72. The number of imidazole rings is 1. The molecule has 9 nitrogen and oxygen atoms in total. The van der Waals surface area contributed by atoms with Crippen LogP contribution in [-0.2, 0) is 13.1 Å². The van der Waals surface area contributed by atoms with Crippen LogP contribution in [0.25, 0.3) is 0 Å². The first-order chi connectivity index (χ1) is 13.5. The Labute approximate surface area is 158 Å². The van der Waals surface area contributed by atoms with Crippen LogP contribution in [0, 0.1) is 10.1 Å². The molecule has 0 spiro atoms. The fraction of sp³-hybridized carbons (Fsp3) is 0.471. The molecule has 2 aromatic rings. The van der Waals surface area contributed by atoms with E-state index in [1.165, 1.54) is 18.3 Å². The van der Waals surface area contributed by atoms with Crippen LogP contribution in [0.4, 0.5) is 14.6 Å². The van der Waals surface area contributed by atoms with Gasteiger partial charge in [-0.15, -0.1) is 0 Å². The van der Waals surface area contributed by atoms with Gasteiger partial charge in [0.2, 0.25) is 0 Å². The first kappa shape index (κ1) is 18.4. The van der Waals surface area contributed by atoms with Crippen LogP contribution >= 0.6 is 0 Å². The highest BCUT2D eigenvalue weighted by atomic mass is 19.3. The second kappa shape index (κ2) is 7.58. The molecule has 0 saturated heterocycles. The molecular weight excluding hydrogens is 378 g/mol. The van der Waals surface area contributed by atoms with Crippen LogP contribution in [0.2, 0.25) is 0 Å². The number of nitro groups is 1. The van der Waals surface area contributed by atoms with Crippen molar-refractivity contribution in [2.75, 3.05) is 6.61 Å². The average Bonchev–Trinajstić information content (AvgIpc) is 3.35. The van der Waals surface area contributed by atoms with Crippen molar-refractivity contribution in [3.05, 3.63) is 40.1 Å². The van der Waals surface area contributed by atoms with Crippen molar-refractivity contribution in [2.45, 2.75) is 44.7 Å². The zero-order valence-electron chi connectivity index (χ0n) is 14.7. The van der Waals surface area contributed by atoms with Gasteiger partial charge >= 0.3 is 18.4 Å². The van der Waals surface area contributed by atoms with Crippen LogP contribution in [0.5, 0.6) is 17.5 Å². The maximum Gasteiger partial charge on any atom is 0.414 e. The van der Waals surface area contributed by atoms with Gasteiger partial charge in [-0.25, -0.2) is 0 Å². The monoisotopic (exact) mass is 396 g/mol. The average molecular weight is 396 g/mol. The van der Waals surface area contributed by atoms with Crippen LogP contribution in [0.1, 0.15) is 18.4 Å². The Balaban J connectivity index is 1.41. The van der Waals surface area contributed by atoms with E-state index in [0.717, 1.165) is 18.4 Å². The summed E-state index contributed by atoms with van der Waals surface area (Å²) in [5.41, 5.74) is 0.802. The topological polar surface area (TPSA) is 101 Å². The van der Waals surface area contributed by atoms with Gasteiger partial charge in [0.1, 0.15) is 24.3 Å². The summed E-state index contributed by atoms with van der Waals surface area (Å²) < 4.78 is 42.2. The van der Waals surface area contributed by atoms with Crippen molar-refractivity contribution in [2.24, 2.45) is 0 Å². The molecule has 0 radical (unpaired) electrons. The summed E-state index contributed by atoms with van der Waals surface area (Å²) in [4.78, 5) is 14.1. The molecule has 1 atom stereocenters. The normalized spacial score (nSPS) is 18.5. The Hall–Kier alpha value is -2.95. The Kier molecular flexibility index (Phi) is 4.99. The molecule has 2 heterocycles. The molecular formula is C17H18F2N4O5. The number of fused-ring (bicyclic) bond motifs is 1. The Morgan fingerprint density at radius 3 is 2.96 bits per heavy atom. The molecule has 1 aromatic heterocycles. The van der Waals surface area contributed by atoms with Gasteiger partial charge in [0.25, 0.3) is 0 Å². The first-order valence-electron chi connectivity index (χ1n) is 8.80. The van der Waals surface area contributed by atoms with E-state index in [0.29, 0.717) is 25.4 Å². The number of halogens is 2. The van der Waals surface area contributed by atoms with Gasteiger partial charge in [0.05, 0.1) is 12.1 Å². The number of aromatic nitrogens is 2. The minimum Gasteiger partial charge on any atom is -0.490 e. The molecule has 1 aromatic carbocycles. The summed E-state index contributed by atoms with van der Waals surface area (Å²) in [7, 11) is 0. The van der Waals surface area contributed by atoms with E-state index >= 15 is 0 Å². The van der Waals surface area contributed by atoms with Gasteiger partial charge in [0.15, 0.2) is 0 Å². The van der Waals surface area contributed by atoms with E-state index in [1.54, 1.807) is 10.6 Å². The lowest BCUT2D eigenvalue weighted by Gasteiger charge is -2.23. The van der Waals surface area contributed by atoms with Crippen molar-refractivity contribution < 1.29 is 27.9 Å². The van der Waals surface area contributed by atoms with Gasteiger partial charge in [-0.05, 0) is 23.8 Å². The summed E-state index contributed by atoms with van der Waals surface area (Å²) in [6.07, 6.45) is 3.31. The fourth-order valence-electron chi connectivity index (χ4n) is 2.89. The molecule has 0 bridgehead atoms. The van der Waals surface area contributed by atoms with E-state index in [9.17, 15) is 18.9 Å². The van der Waals surface area contributed by atoms with Gasteiger partial charge in [0, 0.05) is 29.7 Å². The minimum absolute atomic E-state index is 0.0470. The van der Waals surface area contributed by atoms with Gasteiger partial charge in [-0.1, -0.05) is 6.07 Å². The quantitative estimate of drug-likeness (QED) is 0.540. The molecule has 28 heavy (non-hydrogen) atoms. The SMILES string of the molecule is O=[N+]([O-])c1cn2c(n1)OC[C@@H](NCc1ccc(OC(F)F)cc1OC1CC1)C2. The smallest absolute Gasteiger partial charge is 0.414 e. The lowest BCUT2D eigenvalue weighted by atomic mass is 10.1. The summed E-state index contributed by atoms with van der Waals surface area (Å²) in [6, 6.07) is 4.73.